The van der Waals surface area contributed by atoms with Crippen LogP contribution in [0, 0.1) is 0 Å². The highest BCUT2D eigenvalue weighted by atomic mass is 16.8. The molecule has 0 aliphatic carbocycles. The maximum atomic E-state index is 14.5. The standard InChI is InChI=1S/C68H73NO16/c1-69(68(74)82-45-54-35-21-8-22-36-54)55(46-75-39-48-23-9-2-10-24-48)60-63(79-42-51-29-15-5-16-30-51)64(80-43-52-31-17-6-18-32-52)65(67(84-60)81-44-53-33-19-7-20-34-53)85-66-59(73)62(78-41-50-27-13-4-14-28-50)61(77-40-49-25-11-3-12-26-49)56(83-66)47-76-58(72)38-37-57(70)71/h2-36,55-56,59-67,73H,37-47H2,1H3,(H,70,71)/t55-,56+,59-,60+,61+,62+,63+,64-,65+,66+,67-/m0/s1. The molecule has 0 unspecified atom stereocenters. The van der Waals surface area contributed by atoms with E-state index in [1.807, 2.05) is 212 Å². The van der Waals surface area contributed by atoms with Gasteiger partial charge in [0.05, 0.1) is 65.1 Å². The number of esters is 1. The van der Waals surface area contributed by atoms with Gasteiger partial charge in [0.1, 0.15) is 62.0 Å². The largest absolute Gasteiger partial charge is 0.481 e. The van der Waals surface area contributed by atoms with Crippen LogP contribution in [0.15, 0.2) is 212 Å². The summed E-state index contributed by atoms with van der Waals surface area (Å²) in [7, 11) is 1.62. The van der Waals surface area contributed by atoms with Crippen molar-refractivity contribution in [1.29, 1.82) is 0 Å². The van der Waals surface area contributed by atoms with Crippen LogP contribution < -0.4 is 0 Å². The van der Waals surface area contributed by atoms with Crippen molar-refractivity contribution in [3.63, 3.8) is 0 Å². The summed E-state index contributed by atoms with van der Waals surface area (Å²) in [6.07, 6.45) is -14.3. The molecule has 0 aromatic heterocycles. The monoisotopic (exact) mass is 1160 g/mol. The molecule has 1 amide bonds. The third-order valence-corrected chi connectivity index (χ3v) is 14.6. The lowest BCUT2D eigenvalue weighted by atomic mass is 9.92. The molecule has 85 heavy (non-hydrogen) atoms. The summed E-state index contributed by atoms with van der Waals surface area (Å²) in [5, 5.41) is 22.3. The molecule has 0 bridgehead atoms. The molecule has 7 aromatic rings. The predicted octanol–water partition coefficient (Wildman–Crippen LogP) is 10.0. The second-order valence-corrected chi connectivity index (χ2v) is 20.7. The highest BCUT2D eigenvalue weighted by molar-refractivity contribution is 5.76. The Morgan fingerprint density at radius 3 is 1.31 bits per heavy atom. The van der Waals surface area contributed by atoms with Gasteiger partial charge in [0.25, 0.3) is 0 Å². The van der Waals surface area contributed by atoms with Crippen molar-refractivity contribution < 1.29 is 76.7 Å². The number of ether oxygens (including phenoxy) is 11. The first-order valence-corrected chi connectivity index (χ1v) is 28.5. The third kappa shape index (κ3) is 18.7. The topological polar surface area (TPSA) is 196 Å². The number of aliphatic hydroxyl groups excluding tert-OH is 1. The van der Waals surface area contributed by atoms with E-state index in [4.69, 9.17) is 52.1 Å². The number of carboxylic acids is 1. The Bertz CT molecular complexity index is 3040. The van der Waals surface area contributed by atoms with Crippen molar-refractivity contribution in [2.45, 2.75) is 127 Å². The van der Waals surface area contributed by atoms with Crippen molar-refractivity contribution in [2.24, 2.45) is 0 Å². The van der Waals surface area contributed by atoms with Crippen molar-refractivity contribution in [1.82, 2.24) is 4.90 Å². The number of rotatable bonds is 30. The van der Waals surface area contributed by atoms with Gasteiger partial charge >= 0.3 is 18.0 Å². The maximum Gasteiger partial charge on any atom is 0.410 e. The van der Waals surface area contributed by atoms with Gasteiger partial charge in [-0.2, -0.15) is 0 Å². The predicted molar refractivity (Wildman–Crippen MR) is 312 cm³/mol. The molecule has 9 rings (SSSR count). The number of hydrogen-bond acceptors (Lipinski definition) is 15. The summed E-state index contributed by atoms with van der Waals surface area (Å²) in [4.78, 5) is 40.7. The van der Waals surface area contributed by atoms with Gasteiger partial charge in [-0.3, -0.25) is 9.59 Å². The minimum atomic E-state index is -1.61. The van der Waals surface area contributed by atoms with E-state index >= 15 is 0 Å². The Morgan fingerprint density at radius 1 is 0.447 bits per heavy atom. The zero-order valence-corrected chi connectivity index (χ0v) is 47.4. The van der Waals surface area contributed by atoms with Crippen LogP contribution in [0.4, 0.5) is 4.79 Å². The number of amides is 1. The van der Waals surface area contributed by atoms with Gasteiger partial charge in [0.15, 0.2) is 12.6 Å². The van der Waals surface area contributed by atoms with Crippen LogP contribution in [0.5, 0.6) is 0 Å². The van der Waals surface area contributed by atoms with Gasteiger partial charge in [-0.15, -0.1) is 0 Å². The number of carbonyl (C=O) groups excluding carboxylic acids is 2. The third-order valence-electron chi connectivity index (χ3n) is 14.6. The zero-order chi connectivity index (χ0) is 59.0. The van der Waals surface area contributed by atoms with Crippen LogP contribution in [0.1, 0.15) is 51.8 Å². The molecule has 2 aliphatic rings. The van der Waals surface area contributed by atoms with E-state index in [1.54, 1.807) is 7.05 Å². The summed E-state index contributed by atoms with van der Waals surface area (Å²) >= 11 is 0. The van der Waals surface area contributed by atoms with Crippen LogP contribution in [-0.4, -0.2) is 121 Å². The van der Waals surface area contributed by atoms with Crippen LogP contribution in [0.2, 0.25) is 0 Å². The number of carbonyl (C=O) groups is 3. The first-order chi connectivity index (χ1) is 41.6. The molecular weight excluding hydrogens is 1090 g/mol. The van der Waals surface area contributed by atoms with Crippen LogP contribution >= 0.6 is 0 Å². The SMILES string of the molecule is CN(C(=O)OCc1ccccc1)[C@@H](COCc1ccccc1)[C@H]1O[C@H](OCc2ccccc2)[C@H](O[C@H]2O[C@H](COC(=O)CCC(=O)O)[C@@H](OCc3ccccc3)[C@H](OCc3ccccc3)[C@@H]2O)[C@@H](OCc2ccccc2)[C@@H]1OCc1ccccc1. The van der Waals surface area contributed by atoms with Crippen molar-refractivity contribution in [2.75, 3.05) is 20.3 Å². The first-order valence-electron chi connectivity index (χ1n) is 28.5. The average Bonchev–Trinajstić information content (AvgIpc) is 3.10. The summed E-state index contributed by atoms with van der Waals surface area (Å²) in [6, 6.07) is 65.5. The highest BCUT2D eigenvalue weighted by Gasteiger charge is 2.56. The maximum absolute atomic E-state index is 14.5. The van der Waals surface area contributed by atoms with Crippen molar-refractivity contribution >= 4 is 18.0 Å². The van der Waals surface area contributed by atoms with E-state index in [1.165, 1.54) is 4.90 Å². The second-order valence-electron chi connectivity index (χ2n) is 20.7. The zero-order valence-electron chi connectivity index (χ0n) is 47.4. The molecular formula is C68H73NO16. The smallest absolute Gasteiger partial charge is 0.410 e. The Balaban J connectivity index is 1.13. The molecule has 446 valence electrons. The first kappa shape index (κ1) is 61.9. The molecule has 11 atom stereocenters. The van der Waals surface area contributed by atoms with Crippen molar-refractivity contribution in [3.05, 3.63) is 251 Å². The van der Waals surface area contributed by atoms with E-state index in [2.05, 4.69) is 0 Å². The molecule has 2 fully saturated rings. The number of nitrogens with zero attached hydrogens (tertiary/aromatic N) is 1. The molecule has 2 saturated heterocycles. The van der Waals surface area contributed by atoms with E-state index in [-0.39, 0.29) is 52.9 Å². The number of benzene rings is 7. The van der Waals surface area contributed by atoms with Gasteiger partial charge in [0.2, 0.25) is 0 Å². The average molecular weight is 1160 g/mol. The van der Waals surface area contributed by atoms with Gasteiger partial charge < -0.3 is 67.2 Å². The molecule has 17 heteroatoms. The van der Waals surface area contributed by atoms with E-state index < -0.39 is 105 Å². The normalized spacial score (nSPS) is 22.4. The molecule has 7 aromatic carbocycles. The van der Waals surface area contributed by atoms with Gasteiger partial charge in [-0.25, -0.2) is 4.79 Å². The lowest BCUT2D eigenvalue weighted by Crippen LogP contribution is -2.68. The number of likely N-dealkylation sites (N-methyl/N-ethyl adjacent to an activating group) is 1. The minimum absolute atomic E-state index is 0.00434. The Morgan fingerprint density at radius 2 is 0.847 bits per heavy atom. The molecule has 2 aliphatic heterocycles. The fourth-order valence-corrected chi connectivity index (χ4v) is 10.0. The summed E-state index contributed by atoms with van der Waals surface area (Å²) in [5.41, 5.74) is 5.71. The fourth-order valence-electron chi connectivity index (χ4n) is 10.0. The van der Waals surface area contributed by atoms with E-state index in [0.717, 1.165) is 38.9 Å². The van der Waals surface area contributed by atoms with Crippen LogP contribution in [0.25, 0.3) is 0 Å². The lowest BCUT2D eigenvalue weighted by molar-refractivity contribution is -0.381. The quantitative estimate of drug-likeness (QED) is 0.0403. The molecule has 0 spiro atoms. The highest BCUT2D eigenvalue weighted by Crippen LogP contribution is 2.38. The number of aliphatic hydroxyl groups is 1. The van der Waals surface area contributed by atoms with Crippen molar-refractivity contribution in [3.8, 4) is 0 Å². The van der Waals surface area contributed by atoms with E-state index in [0.29, 0.717) is 0 Å². The minimum Gasteiger partial charge on any atom is -0.481 e. The van der Waals surface area contributed by atoms with Crippen LogP contribution in [0.3, 0.4) is 0 Å². The van der Waals surface area contributed by atoms with Gasteiger partial charge in [-0.1, -0.05) is 212 Å². The van der Waals surface area contributed by atoms with E-state index in [9.17, 15) is 24.6 Å². The Hall–Kier alpha value is -7.65. The second kappa shape index (κ2) is 32.6. The Labute approximate surface area is 495 Å². The fraction of sp³-hybridized carbons (Fsp3) is 0.338. The summed E-state index contributed by atoms with van der Waals surface area (Å²) in [6.45, 7) is -0.186. The Kier molecular flexibility index (Phi) is 23.7. The molecule has 2 N–H and O–H groups in total. The molecule has 2 heterocycles. The lowest BCUT2D eigenvalue weighted by Gasteiger charge is -2.51. The summed E-state index contributed by atoms with van der Waals surface area (Å²) in [5.74, 6) is -1.96. The van der Waals surface area contributed by atoms with Gasteiger partial charge in [0, 0.05) is 7.05 Å². The van der Waals surface area contributed by atoms with Crippen LogP contribution in [-0.2, 0) is 108 Å². The summed E-state index contributed by atoms with van der Waals surface area (Å²) < 4.78 is 73.9. The van der Waals surface area contributed by atoms with Gasteiger partial charge in [-0.05, 0) is 38.9 Å². The number of hydrogen-bond donors (Lipinski definition) is 2. The number of aliphatic carboxylic acids is 1. The number of carboxylic acid groups (broad SMARTS) is 1. The molecule has 0 radical (unpaired) electrons. The molecule has 17 nitrogen and oxygen atoms in total. The molecule has 0 saturated carbocycles.